The minimum Gasteiger partial charge on any atom is -0.480 e. The topological polar surface area (TPSA) is 83.9 Å². The van der Waals surface area contributed by atoms with Crippen molar-refractivity contribution in [2.24, 2.45) is 0 Å². The number of hydrogen-bond donors (Lipinski definition) is 2. The molecule has 200 valence electrons. The van der Waals surface area contributed by atoms with Crippen molar-refractivity contribution >= 4 is 11.8 Å². The van der Waals surface area contributed by atoms with E-state index in [1.165, 1.54) is 17.5 Å². The SMILES string of the molecule is C[C@@H]1OCCc2cccc(C(C(=O)O)N(C)[C@H]3CC[C@H](OCCCCc4ccc5c(n4)NCCC5)C3)c21. The largest absolute Gasteiger partial charge is 0.480 e. The van der Waals surface area contributed by atoms with Crippen molar-refractivity contribution in [2.45, 2.75) is 89.0 Å². The minimum atomic E-state index is -0.802. The normalized spacial score (nSPS) is 23.8. The molecule has 7 heteroatoms. The summed E-state index contributed by atoms with van der Waals surface area (Å²) >= 11 is 0. The average molecular weight is 508 g/mol. The second-order valence-corrected chi connectivity index (χ2v) is 10.8. The predicted octanol–water partition coefficient (Wildman–Crippen LogP) is 5.09. The van der Waals surface area contributed by atoms with Crippen molar-refractivity contribution in [1.82, 2.24) is 9.88 Å². The van der Waals surface area contributed by atoms with Gasteiger partial charge in [-0.3, -0.25) is 9.69 Å². The molecule has 3 heterocycles. The molecule has 7 nitrogen and oxygen atoms in total. The number of ether oxygens (including phenoxy) is 2. The minimum absolute atomic E-state index is 0.0809. The van der Waals surface area contributed by atoms with E-state index < -0.39 is 12.0 Å². The maximum Gasteiger partial charge on any atom is 0.325 e. The highest BCUT2D eigenvalue weighted by Crippen LogP contribution is 2.38. The first-order valence-electron chi connectivity index (χ1n) is 14.0. The maximum absolute atomic E-state index is 12.5. The number of nitrogens with one attached hydrogen (secondary N) is 1. The zero-order chi connectivity index (χ0) is 25.8. The van der Waals surface area contributed by atoms with Crippen LogP contribution < -0.4 is 5.32 Å². The van der Waals surface area contributed by atoms with Crippen molar-refractivity contribution in [3.05, 3.63) is 58.3 Å². The molecule has 1 unspecified atom stereocenters. The van der Waals surface area contributed by atoms with Crippen LogP contribution in [0.1, 0.15) is 85.5 Å². The second-order valence-electron chi connectivity index (χ2n) is 10.8. The smallest absolute Gasteiger partial charge is 0.325 e. The first kappa shape index (κ1) is 26.1. The van der Waals surface area contributed by atoms with Crippen molar-refractivity contribution in [2.75, 3.05) is 32.1 Å². The Morgan fingerprint density at radius 1 is 1.22 bits per heavy atom. The van der Waals surface area contributed by atoms with Gasteiger partial charge in [0.15, 0.2) is 0 Å². The molecular weight excluding hydrogens is 466 g/mol. The number of likely N-dealkylation sites (N-methyl/N-ethyl adjacent to an activating group) is 1. The molecule has 2 aliphatic heterocycles. The summed E-state index contributed by atoms with van der Waals surface area (Å²) in [7, 11) is 1.96. The zero-order valence-electron chi connectivity index (χ0n) is 22.2. The highest BCUT2D eigenvalue weighted by Gasteiger charge is 2.37. The van der Waals surface area contributed by atoms with Gasteiger partial charge in [-0.1, -0.05) is 24.3 Å². The third-order valence-corrected chi connectivity index (χ3v) is 8.38. The lowest BCUT2D eigenvalue weighted by atomic mass is 9.88. The number of pyridine rings is 1. The molecule has 1 aromatic heterocycles. The fourth-order valence-corrected chi connectivity index (χ4v) is 6.36. The van der Waals surface area contributed by atoms with Gasteiger partial charge in [0.2, 0.25) is 0 Å². The number of carbonyl (C=O) groups is 1. The number of anilines is 1. The van der Waals surface area contributed by atoms with Crippen molar-refractivity contribution in [3.8, 4) is 0 Å². The summed E-state index contributed by atoms with van der Waals surface area (Å²) in [6.45, 7) is 4.48. The third-order valence-electron chi connectivity index (χ3n) is 8.38. The van der Waals surface area contributed by atoms with Crippen LogP contribution in [-0.2, 0) is 33.5 Å². The van der Waals surface area contributed by atoms with E-state index in [-0.39, 0.29) is 18.2 Å². The molecule has 0 spiro atoms. The van der Waals surface area contributed by atoms with Crippen LogP contribution in [0.4, 0.5) is 5.82 Å². The van der Waals surface area contributed by atoms with E-state index in [1.807, 2.05) is 26.1 Å². The molecule has 2 N–H and O–H groups in total. The van der Waals surface area contributed by atoms with E-state index in [2.05, 4.69) is 28.4 Å². The van der Waals surface area contributed by atoms with E-state index in [1.54, 1.807) is 0 Å². The number of aromatic nitrogens is 1. The van der Waals surface area contributed by atoms with Gasteiger partial charge >= 0.3 is 5.97 Å². The average Bonchev–Trinajstić information content (AvgIpc) is 3.37. The van der Waals surface area contributed by atoms with Crippen LogP contribution in [0.3, 0.4) is 0 Å². The third kappa shape index (κ3) is 6.00. The molecule has 2 aromatic rings. The standard InChI is InChI=1S/C30H41N3O4/c1-20-27-21(15-18-36-20)7-5-10-26(27)28(30(34)35)33(2)24-13-14-25(19-24)37-17-4-3-9-23-12-11-22-8-6-16-31-29(22)32-23/h5,7,10-12,20,24-25,28H,3-4,6,8-9,13-19H2,1-2H3,(H,31,32)(H,34,35)/t20-,24-,25-,28?/m0/s1. The molecule has 0 bridgehead atoms. The Bertz CT molecular complexity index is 1090. The summed E-state index contributed by atoms with van der Waals surface area (Å²) in [5, 5.41) is 13.7. The molecule has 0 saturated heterocycles. The van der Waals surface area contributed by atoms with E-state index in [0.29, 0.717) is 6.61 Å². The quantitative estimate of drug-likeness (QED) is 0.433. The molecule has 1 aromatic carbocycles. The molecule has 1 fully saturated rings. The number of fused-ring (bicyclic) bond motifs is 2. The Morgan fingerprint density at radius 3 is 2.97 bits per heavy atom. The monoisotopic (exact) mass is 507 g/mol. The van der Waals surface area contributed by atoms with Crippen molar-refractivity contribution in [1.29, 1.82) is 0 Å². The predicted molar refractivity (Wildman–Crippen MR) is 144 cm³/mol. The van der Waals surface area contributed by atoms with Gasteiger partial charge in [-0.15, -0.1) is 0 Å². The highest BCUT2D eigenvalue weighted by atomic mass is 16.5. The van der Waals surface area contributed by atoms with Gasteiger partial charge in [-0.2, -0.15) is 0 Å². The molecule has 3 aliphatic rings. The lowest BCUT2D eigenvalue weighted by Crippen LogP contribution is -2.39. The van der Waals surface area contributed by atoms with Crippen LogP contribution >= 0.6 is 0 Å². The fourth-order valence-electron chi connectivity index (χ4n) is 6.36. The summed E-state index contributed by atoms with van der Waals surface area (Å²) in [6, 6.07) is 9.96. The fraction of sp³-hybridized carbons (Fsp3) is 0.600. The molecule has 4 atom stereocenters. The summed E-state index contributed by atoms with van der Waals surface area (Å²) in [4.78, 5) is 19.3. The summed E-state index contributed by atoms with van der Waals surface area (Å²) in [5.74, 6) is 0.266. The number of nitrogens with zero attached hydrogens (tertiary/aromatic N) is 2. The summed E-state index contributed by atoms with van der Waals surface area (Å²) < 4.78 is 12.1. The van der Waals surface area contributed by atoms with E-state index in [4.69, 9.17) is 14.5 Å². The summed E-state index contributed by atoms with van der Waals surface area (Å²) in [5.41, 5.74) is 5.63. The molecule has 0 amide bonds. The lowest BCUT2D eigenvalue weighted by molar-refractivity contribution is -0.144. The van der Waals surface area contributed by atoms with Crippen molar-refractivity contribution < 1.29 is 19.4 Å². The van der Waals surface area contributed by atoms with Crippen LogP contribution in [0.5, 0.6) is 0 Å². The van der Waals surface area contributed by atoms with E-state index in [9.17, 15) is 9.90 Å². The maximum atomic E-state index is 12.5. The van der Waals surface area contributed by atoms with E-state index in [0.717, 1.165) is 87.2 Å². The van der Waals surface area contributed by atoms with Crippen LogP contribution in [0.2, 0.25) is 0 Å². The lowest BCUT2D eigenvalue weighted by Gasteiger charge is -2.34. The van der Waals surface area contributed by atoms with Gasteiger partial charge in [-0.25, -0.2) is 4.98 Å². The number of benzene rings is 1. The molecule has 5 rings (SSSR count). The zero-order valence-corrected chi connectivity index (χ0v) is 22.2. The molecule has 1 saturated carbocycles. The number of aryl methyl sites for hydroxylation is 2. The molecular formula is C30H41N3O4. The van der Waals surface area contributed by atoms with Gasteiger partial charge in [-0.05, 0) is 100 Å². The second kappa shape index (κ2) is 11.9. The van der Waals surface area contributed by atoms with Gasteiger partial charge in [0.05, 0.1) is 18.8 Å². The Labute approximate surface area is 220 Å². The van der Waals surface area contributed by atoms with Gasteiger partial charge in [0.25, 0.3) is 0 Å². The number of carboxylic acid groups (broad SMARTS) is 1. The number of rotatable bonds is 10. The Hall–Kier alpha value is -2.48. The Kier molecular flexibility index (Phi) is 8.43. The van der Waals surface area contributed by atoms with Crippen LogP contribution in [0, 0.1) is 0 Å². The first-order chi connectivity index (χ1) is 18.0. The van der Waals surface area contributed by atoms with Crippen LogP contribution in [0.25, 0.3) is 0 Å². The first-order valence-corrected chi connectivity index (χ1v) is 14.0. The number of unbranched alkanes of at least 4 members (excludes halogenated alkanes) is 1. The number of hydrogen-bond acceptors (Lipinski definition) is 6. The van der Waals surface area contributed by atoms with Crippen molar-refractivity contribution in [3.63, 3.8) is 0 Å². The van der Waals surface area contributed by atoms with Crippen LogP contribution in [0.15, 0.2) is 30.3 Å². The van der Waals surface area contributed by atoms with Crippen LogP contribution in [-0.4, -0.2) is 59.9 Å². The van der Waals surface area contributed by atoms with Gasteiger partial charge in [0.1, 0.15) is 11.9 Å². The van der Waals surface area contributed by atoms with Gasteiger partial charge < -0.3 is 19.9 Å². The summed E-state index contributed by atoms with van der Waals surface area (Å²) in [6.07, 6.45) is 9.10. The molecule has 1 aliphatic carbocycles. The molecule has 37 heavy (non-hydrogen) atoms. The van der Waals surface area contributed by atoms with E-state index >= 15 is 0 Å². The number of aliphatic carboxylic acids is 1. The Morgan fingerprint density at radius 2 is 2.11 bits per heavy atom. The van der Waals surface area contributed by atoms with Gasteiger partial charge in [0, 0.05) is 24.9 Å². The molecule has 0 radical (unpaired) electrons. The number of carboxylic acids is 1. The highest BCUT2D eigenvalue weighted by molar-refractivity contribution is 5.76. The Balaban J connectivity index is 1.11.